The Morgan fingerprint density at radius 3 is 2.65 bits per heavy atom. The maximum atomic E-state index is 11.8. The predicted molar refractivity (Wildman–Crippen MR) is 66.2 cm³/mol. The first-order valence-electron chi connectivity index (χ1n) is 4.71. The van der Waals surface area contributed by atoms with Crippen LogP contribution in [0.3, 0.4) is 0 Å². The number of ether oxygens (including phenoxy) is 1. The molecule has 0 unspecified atom stereocenters. The third kappa shape index (κ3) is 6.18. The molecule has 0 aliphatic carbocycles. The quantitative estimate of drug-likeness (QED) is 0.508. The Labute approximate surface area is 110 Å². The van der Waals surface area contributed by atoms with Crippen molar-refractivity contribution in [3.05, 3.63) is 22.7 Å². The number of nitrogen functional groups attached to an aromatic ring is 1. The maximum Gasteiger partial charge on any atom is 0.411 e. The number of alkyl halides is 3. The van der Waals surface area contributed by atoms with E-state index in [0.29, 0.717) is 11.4 Å². The van der Waals surface area contributed by atoms with E-state index in [1.165, 1.54) is 11.8 Å². The summed E-state index contributed by atoms with van der Waals surface area (Å²) < 4.78 is 40.6. The van der Waals surface area contributed by atoms with Gasteiger partial charge in [-0.3, -0.25) is 0 Å². The largest absolute Gasteiger partial charge is 0.411 e. The molecule has 0 saturated carbocycles. The Bertz CT molecular complexity index is 373. The van der Waals surface area contributed by atoms with Crippen molar-refractivity contribution in [2.24, 2.45) is 0 Å². The van der Waals surface area contributed by atoms with E-state index >= 15 is 0 Å². The van der Waals surface area contributed by atoms with Gasteiger partial charge in [-0.05, 0) is 18.2 Å². The highest BCUT2D eigenvalue weighted by molar-refractivity contribution is 9.10. The number of benzene rings is 1. The van der Waals surface area contributed by atoms with Gasteiger partial charge in [-0.2, -0.15) is 13.2 Å². The summed E-state index contributed by atoms with van der Waals surface area (Å²) in [6.45, 7) is -1.16. The van der Waals surface area contributed by atoms with Crippen molar-refractivity contribution < 1.29 is 17.9 Å². The average Bonchev–Trinajstić information content (AvgIpc) is 2.18. The maximum absolute atomic E-state index is 11.8. The number of rotatable bonds is 5. The molecule has 2 nitrogen and oxygen atoms in total. The van der Waals surface area contributed by atoms with E-state index in [9.17, 15) is 13.2 Å². The number of halogens is 4. The smallest absolute Gasteiger partial charge is 0.398 e. The Hall–Kier alpha value is -0.400. The third-order valence-electron chi connectivity index (χ3n) is 1.72. The summed E-state index contributed by atoms with van der Waals surface area (Å²) in [5.41, 5.74) is 6.33. The van der Waals surface area contributed by atoms with Crippen molar-refractivity contribution in [1.82, 2.24) is 0 Å². The second kappa shape index (κ2) is 6.51. The third-order valence-corrected chi connectivity index (χ3v) is 3.27. The van der Waals surface area contributed by atoms with Crippen molar-refractivity contribution in [3.8, 4) is 0 Å². The van der Waals surface area contributed by atoms with Gasteiger partial charge in [-0.15, -0.1) is 11.8 Å². The molecule has 96 valence electrons. The lowest BCUT2D eigenvalue weighted by molar-refractivity contribution is -0.172. The topological polar surface area (TPSA) is 35.2 Å². The van der Waals surface area contributed by atoms with E-state index < -0.39 is 12.8 Å². The molecule has 0 aliphatic heterocycles. The standard InChI is InChI=1S/C10H11BrF3NOS/c11-7-1-2-9(8(15)5-7)17-4-3-16-6-10(12,13)14/h1-2,5H,3-4,6,15H2. The zero-order chi connectivity index (χ0) is 12.9. The van der Waals surface area contributed by atoms with Gasteiger partial charge >= 0.3 is 6.18 Å². The van der Waals surface area contributed by atoms with Crippen molar-refractivity contribution in [2.75, 3.05) is 24.7 Å². The number of hydrogen-bond donors (Lipinski definition) is 1. The molecule has 0 radical (unpaired) electrons. The Kier molecular flexibility index (Phi) is 5.61. The molecule has 1 aromatic rings. The lowest BCUT2D eigenvalue weighted by atomic mass is 10.3. The lowest BCUT2D eigenvalue weighted by Crippen LogP contribution is -2.17. The van der Waals surface area contributed by atoms with E-state index in [2.05, 4.69) is 20.7 Å². The van der Waals surface area contributed by atoms with Crippen molar-refractivity contribution >= 4 is 33.4 Å². The zero-order valence-electron chi connectivity index (χ0n) is 8.76. The second-order valence-corrected chi connectivity index (χ2v) is 5.25. The summed E-state index contributed by atoms with van der Waals surface area (Å²) in [6.07, 6.45) is -4.26. The van der Waals surface area contributed by atoms with Crippen LogP contribution >= 0.6 is 27.7 Å². The van der Waals surface area contributed by atoms with Gasteiger partial charge in [0.15, 0.2) is 0 Å². The van der Waals surface area contributed by atoms with Crippen LogP contribution < -0.4 is 5.73 Å². The summed E-state index contributed by atoms with van der Waals surface area (Å²) in [5.74, 6) is 0.432. The molecule has 0 aliphatic rings. The number of nitrogens with two attached hydrogens (primary N) is 1. The van der Waals surface area contributed by atoms with Gasteiger partial charge in [0.05, 0.1) is 6.61 Å². The van der Waals surface area contributed by atoms with Gasteiger partial charge in [0.2, 0.25) is 0 Å². The first-order valence-corrected chi connectivity index (χ1v) is 6.48. The van der Waals surface area contributed by atoms with Crippen LogP contribution in [0.2, 0.25) is 0 Å². The second-order valence-electron chi connectivity index (χ2n) is 3.20. The molecule has 0 fully saturated rings. The van der Waals surface area contributed by atoms with Gasteiger partial charge in [-0.25, -0.2) is 0 Å². The van der Waals surface area contributed by atoms with Crippen LogP contribution in [0.4, 0.5) is 18.9 Å². The van der Waals surface area contributed by atoms with Crippen molar-refractivity contribution in [3.63, 3.8) is 0 Å². The summed E-state index contributed by atoms with van der Waals surface area (Å²) >= 11 is 4.64. The van der Waals surface area contributed by atoms with Crippen molar-refractivity contribution in [2.45, 2.75) is 11.1 Å². The summed E-state index contributed by atoms with van der Waals surface area (Å²) in [6, 6.07) is 5.39. The van der Waals surface area contributed by atoms with Gasteiger partial charge < -0.3 is 10.5 Å². The highest BCUT2D eigenvalue weighted by atomic mass is 79.9. The molecule has 2 N–H and O–H groups in total. The van der Waals surface area contributed by atoms with E-state index in [1.807, 2.05) is 12.1 Å². The van der Waals surface area contributed by atoms with Gasteiger partial charge in [0, 0.05) is 20.8 Å². The Morgan fingerprint density at radius 1 is 1.35 bits per heavy atom. The van der Waals surface area contributed by atoms with Gasteiger partial charge in [0.1, 0.15) is 6.61 Å². The fraction of sp³-hybridized carbons (Fsp3) is 0.400. The molecular weight excluding hydrogens is 319 g/mol. The summed E-state index contributed by atoms with van der Waals surface area (Å²) in [5, 5.41) is 0. The molecule has 0 heterocycles. The van der Waals surface area contributed by atoms with E-state index in [0.717, 1.165) is 9.37 Å². The number of anilines is 1. The van der Waals surface area contributed by atoms with Crippen LogP contribution in [0.25, 0.3) is 0 Å². The molecule has 7 heteroatoms. The molecule has 0 amide bonds. The predicted octanol–water partition coefficient (Wildman–Crippen LogP) is 3.70. The molecule has 0 aromatic heterocycles. The monoisotopic (exact) mass is 329 g/mol. The van der Waals surface area contributed by atoms with Crippen LogP contribution in [0, 0.1) is 0 Å². The van der Waals surface area contributed by atoms with Gasteiger partial charge in [-0.1, -0.05) is 15.9 Å². The minimum atomic E-state index is -4.26. The Balaban J connectivity index is 2.27. The Morgan fingerprint density at radius 2 is 2.06 bits per heavy atom. The fourth-order valence-corrected chi connectivity index (χ4v) is 2.24. The molecule has 0 atom stereocenters. The molecule has 1 rings (SSSR count). The van der Waals surface area contributed by atoms with E-state index in [-0.39, 0.29) is 6.61 Å². The van der Waals surface area contributed by atoms with Crippen LogP contribution in [-0.2, 0) is 4.74 Å². The fourth-order valence-electron chi connectivity index (χ4n) is 1.05. The SMILES string of the molecule is Nc1cc(Br)ccc1SCCOCC(F)(F)F. The van der Waals surface area contributed by atoms with Crippen LogP contribution in [0.15, 0.2) is 27.6 Å². The molecule has 0 spiro atoms. The van der Waals surface area contributed by atoms with Crippen LogP contribution in [0.1, 0.15) is 0 Å². The highest BCUT2D eigenvalue weighted by Gasteiger charge is 2.27. The highest BCUT2D eigenvalue weighted by Crippen LogP contribution is 2.27. The minimum absolute atomic E-state index is 0.0413. The average molecular weight is 330 g/mol. The molecule has 1 aromatic carbocycles. The van der Waals surface area contributed by atoms with Gasteiger partial charge in [0.25, 0.3) is 0 Å². The summed E-state index contributed by atoms with van der Waals surface area (Å²) in [7, 11) is 0. The lowest BCUT2D eigenvalue weighted by Gasteiger charge is -2.08. The molecule has 0 bridgehead atoms. The first kappa shape index (κ1) is 14.7. The zero-order valence-corrected chi connectivity index (χ0v) is 11.2. The number of thioether (sulfide) groups is 1. The molecule has 17 heavy (non-hydrogen) atoms. The summed E-state index contributed by atoms with van der Waals surface area (Å²) in [4.78, 5) is 0.837. The van der Waals surface area contributed by atoms with E-state index in [1.54, 1.807) is 6.07 Å². The normalized spacial score (nSPS) is 11.8. The number of hydrogen-bond acceptors (Lipinski definition) is 3. The van der Waals surface area contributed by atoms with Crippen molar-refractivity contribution in [1.29, 1.82) is 0 Å². The molecule has 0 saturated heterocycles. The minimum Gasteiger partial charge on any atom is -0.398 e. The first-order chi connectivity index (χ1) is 7.88. The van der Waals surface area contributed by atoms with E-state index in [4.69, 9.17) is 5.73 Å². The molecular formula is C10H11BrF3NOS. The van der Waals surface area contributed by atoms with Crippen LogP contribution in [-0.4, -0.2) is 25.1 Å². The van der Waals surface area contributed by atoms with Crippen LogP contribution in [0.5, 0.6) is 0 Å².